The lowest BCUT2D eigenvalue weighted by Gasteiger charge is -2.28. The van der Waals surface area contributed by atoms with Crippen LogP contribution in [0.25, 0.3) is 0 Å². The molecule has 0 radical (unpaired) electrons. The number of H-pyrrole nitrogens is 1. The van der Waals surface area contributed by atoms with Crippen molar-refractivity contribution in [1.29, 1.82) is 0 Å². The number of aromatic nitrogens is 3. The fourth-order valence-electron chi connectivity index (χ4n) is 2.95. The fraction of sp³-hybridized carbons (Fsp3) is 0.222. The van der Waals surface area contributed by atoms with Gasteiger partial charge in [0.25, 0.3) is 0 Å². The third-order valence-corrected chi connectivity index (χ3v) is 4.84. The summed E-state index contributed by atoms with van der Waals surface area (Å²) in [7, 11) is 0. The number of benzene rings is 2. The van der Waals surface area contributed by atoms with Crippen molar-refractivity contribution in [1.82, 2.24) is 14.8 Å². The van der Waals surface area contributed by atoms with Gasteiger partial charge in [-0.15, -0.1) is 0 Å². The van der Waals surface area contributed by atoms with Gasteiger partial charge in [-0.05, 0) is 42.5 Å². The predicted molar refractivity (Wildman–Crippen MR) is 98.8 cm³/mol. The van der Waals surface area contributed by atoms with Crippen LogP contribution < -0.4 is 4.74 Å². The summed E-state index contributed by atoms with van der Waals surface area (Å²) in [6.07, 6.45) is 1.38. The van der Waals surface area contributed by atoms with Crippen LogP contribution in [0.2, 0.25) is 5.02 Å². The molecule has 2 heterocycles. The lowest BCUT2D eigenvalue weighted by atomic mass is 10.0. The van der Waals surface area contributed by atoms with Crippen molar-refractivity contribution in [3.05, 3.63) is 69.5 Å². The average Bonchev–Trinajstić information content (AvgIpc) is 3.30. The maximum absolute atomic E-state index is 14.7. The quantitative estimate of drug-likeness (QED) is 0.579. The number of nitrogens with zero attached hydrogens (tertiary/aromatic N) is 2. The van der Waals surface area contributed by atoms with Gasteiger partial charge >= 0.3 is 0 Å². The maximum atomic E-state index is 14.7. The largest absolute Gasteiger partial charge is 0.448 e. The molecule has 4 rings (SSSR count). The van der Waals surface area contributed by atoms with Crippen LogP contribution in [0, 0.1) is 22.2 Å². The molecule has 11 heteroatoms. The molecule has 6 nitrogen and oxygen atoms in total. The fourth-order valence-corrected chi connectivity index (χ4v) is 3.28. The van der Waals surface area contributed by atoms with Gasteiger partial charge in [0.05, 0.1) is 13.2 Å². The zero-order chi connectivity index (χ0) is 20.6. The second-order valence-corrected chi connectivity index (χ2v) is 6.95. The summed E-state index contributed by atoms with van der Waals surface area (Å²) in [5, 5.41) is 2.91. The highest BCUT2D eigenvalue weighted by atomic mass is 35.5. The van der Waals surface area contributed by atoms with Gasteiger partial charge in [-0.25, -0.2) is 18.2 Å². The molecule has 0 aliphatic carbocycles. The molecule has 1 fully saturated rings. The van der Waals surface area contributed by atoms with Crippen LogP contribution in [0.5, 0.6) is 11.5 Å². The van der Waals surface area contributed by atoms with Gasteiger partial charge in [0.15, 0.2) is 29.0 Å². The summed E-state index contributed by atoms with van der Waals surface area (Å²) >= 11 is 10.8. The minimum atomic E-state index is -1.48. The van der Waals surface area contributed by atoms with Crippen molar-refractivity contribution in [2.24, 2.45) is 0 Å². The summed E-state index contributed by atoms with van der Waals surface area (Å²) in [5.74, 6) is -5.57. The Morgan fingerprint density at radius 2 is 1.83 bits per heavy atom. The van der Waals surface area contributed by atoms with E-state index < -0.39 is 29.0 Å². The van der Waals surface area contributed by atoms with Crippen molar-refractivity contribution in [3.63, 3.8) is 0 Å². The molecule has 0 spiro atoms. The molecule has 0 atom stereocenters. The number of nitrogens with one attached hydrogen (secondary N) is 1. The van der Waals surface area contributed by atoms with Crippen molar-refractivity contribution in [3.8, 4) is 11.5 Å². The number of hydrogen-bond acceptors (Lipinski definition) is 5. The molecule has 2 aromatic carbocycles. The number of aromatic amines is 1. The Labute approximate surface area is 172 Å². The SMILES string of the molecule is Fc1cc(Cl)ccc1Oc1c(F)cc(C2(Cn3[nH]cnc3=S)OCCO2)cc1F. The molecule has 1 saturated heterocycles. The van der Waals surface area contributed by atoms with E-state index >= 15 is 0 Å². The van der Waals surface area contributed by atoms with Crippen molar-refractivity contribution in [2.75, 3.05) is 13.2 Å². The zero-order valence-corrected chi connectivity index (χ0v) is 16.2. The van der Waals surface area contributed by atoms with E-state index in [9.17, 15) is 13.2 Å². The summed E-state index contributed by atoms with van der Waals surface area (Å²) in [6, 6.07) is 5.52. The van der Waals surface area contributed by atoms with E-state index in [1.54, 1.807) is 0 Å². The molecule has 0 saturated carbocycles. The van der Waals surface area contributed by atoms with E-state index in [1.807, 2.05) is 0 Å². The number of halogens is 4. The van der Waals surface area contributed by atoms with Crippen LogP contribution in [0.4, 0.5) is 13.2 Å². The Morgan fingerprint density at radius 3 is 2.41 bits per heavy atom. The summed E-state index contributed by atoms with van der Waals surface area (Å²) in [5.41, 5.74) is 0.0745. The highest BCUT2D eigenvalue weighted by Crippen LogP contribution is 2.38. The zero-order valence-electron chi connectivity index (χ0n) is 14.6. The van der Waals surface area contributed by atoms with Gasteiger partial charge in [0.2, 0.25) is 10.6 Å². The Balaban J connectivity index is 1.69. The average molecular weight is 444 g/mol. The van der Waals surface area contributed by atoms with Gasteiger partial charge < -0.3 is 14.2 Å². The molecular weight excluding hydrogens is 431 g/mol. The normalized spacial score (nSPS) is 15.6. The molecule has 1 aromatic heterocycles. The van der Waals surface area contributed by atoms with Gasteiger partial charge in [0, 0.05) is 10.6 Å². The van der Waals surface area contributed by atoms with Crippen LogP contribution in [-0.2, 0) is 21.8 Å². The van der Waals surface area contributed by atoms with Crippen molar-refractivity contribution < 1.29 is 27.4 Å². The van der Waals surface area contributed by atoms with Crippen LogP contribution in [-0.4, -0.2) is 28.0 Å². The van der Waals surface area contributed by atoms with E-state index in [-0.39, 0.29) is 40.9 Å². The third kappa shape index (κ3) is 3.88. The second kappa shape index (κ2) is 7.79. The molecule has 1 aliphatic heterocycles. The smallest absolute Gasteiger partial charge is 0.215 e. The highest BCUT2D eigenvalue weighted by Gasteiger charge is 2.41. The van der Waals surface area contributed by atoms with Crippen LogP contribution in [0.1, 0.15) is 5.56 Å². The Hall–Kier alpha value is -2.40. The standard InChI is InChI=1S/C18H13ClF3N3O3S/c19-11-1-2-15(12(20)7-11)28-16-13(21)5-10(6-14(16)22)18(26-3-4-27-18)8-25-17(29)23-9-24-25/h1-2,5-7,9H,3-4,8H2,(H,23,24,29). The molecular formula is C18H13ClF3N3O3S. The topological polar surface area (TPSA) is 61.3 Å². The third-order valence-electron chi connectivity index (χ3n) is 4.28. The number of ether oxygens (including phenoxy) is 3. The minimum absolute atomic E-state index is 0.00324. The van der Waals surface area contributed by atoms with Gasteiger partial charge in [-0.3, -0.25) is 9.78 Å². The lowest BCUT2D eigenvalue weighted by molar-refractivity contribution is -0.178. The molecule has 0 bridgehead atoms. The molecule has 1 aliphatic rings. The van der Waals surface area contributed by atoms with E-state index in [0.29, 0.717) is 0 Å². The maximum Gasteiger partial charge on any atom is 0.215 e. The number of rotatable bonds is 5. The first-order chi connectivity index (χ1) is 13.9. The number of hydrogen-bond donors (Lipinski definition) is 1. The van der Waals surface area contributed by atoms with Crippen molar-refractivity contribution >= 4 is 23.8 Å². The van der Waals surface area contributed by atoms with Crippen LogP contribution >= 0.6 is 23.8 Å². The van der Waals surface area contributed by atoms with E-state index in [4.69, 9.17) is 38.0 Å². The summed E-state index contributed by atoms with van der Waals surface area (Å²) in [4.78, 5) is 3.89. The Morgan fingerprint density at radius 1 is 1.14 bits per heavy atom. The Kier molecular flexibility index (Phi) is 5.34. The van der Waals surface area contributed by atoms with Crippen LogP contribution in [0.15, 0.2) is 36.7 Å². The van der Waals surface area contributed by atoms with Gasteiger partial charge in [-0.1, -0.05) is 11.6 Å². The predicted octanol–water partition coefficient (Wildman–Crippen LogP) is 4.70. The first kappa shape index (κ1) is 19.9. The molecule has 0 unspecified atom stereocenters. The second-order valence-electron chi connectivity index (χ2n) is 6.15. The molecule has 1 N–H and O–H groups in total. The first-order valence-electron chi connectivity index (χ1n) is 8.38. The monoisotopic (exact) mass is 443 g/mol. The van der Waals surface area contributed by atoms with Gasteiger partial charge in [-0.2, -0.15) is 0 Å². The summed E-state index contributed by atoms with van der Waals surface area (Å²) < 4.78 is 61.5. The first-order valence-corrected chi connectivity index (χ1v) is 9.17. The van der Waals surface area contributed by atoms with E-state index in [0.717, 1.165) is 18.2 Å². The van der Waals surface area contributed by atoms with E-state index in [1.165, 1.54) is 23.1 Å². The van der Waals surface area contributed by atoms with E-state index in [2.05, 4.69) is 10.1 Å². The molecule has 152 valence electrons. The summed E-state index contributed by atoms with van der Waals surface area (Å²) in [6.45, 7) is 0.439. The molecule has 0 amide bonds. The molecule has 3 aromatic rings. The Bertz CT molecular complexity index is 1090. The lowest BCUT2D eigenvalue weighted by Crippen LogP contribution is -2.33. The van der Waals surface area contributed by atoms with Crippen molar-refractivity contribution in [2.45, 2.75) is 12.3 Å². The van der Waals surface area contributed by atoms with Crippen LogP contribution in [0.3, 0.4) is 0 Å². The van der Waals surface area contributed by atoms with Gasteiger partial charge in [0.1, 0.15) is 12.9 Å². The minimum Gasteiger partial charge on any atom is -0.448 e. The highest BCUT2D eigenvalue weighted by molar-refractivity contribution is 7.71. The molecule has 29 heavy (non-hydrogen) atoms.